The van der Waals surface area contributed by atoms with Crippen LogP contribution in [0.1, 0.15) is 20.8 Å². The van der Waals surface area contributed by atoms with Crippen LogP contribution >= 0.6 is 22.6 Å². The quantitative estimate of drug-likeness (QED) is 0.810. The first-order valence-corrected chi connectivity index (χ1v) is 7.38. The zero-order valence-corrected chi connectivity index (χ0v) is 13.3. The third-order valence-electron chi connectivity index (χ3n) is 3.32. The van der Waals surface area contributed by atoms with Gasteiger partial charge in [-0.3, -0.25) is 14.5 Å². The van der Waals surface area contributed by atoms with E-state index in [0.29, 0.717) is 0 Å². The van der Waals surface area contributed by atoms with Gasteiger partial charge >= 0.3 is 0 Å². The van der Waals surface area contributed by atoms with Crippen LogP contribution < -0.4 is 10.2 Å². The summed E-state index contributed by atoms with van der Waals surface area (Å²) >= 11 is 2.20. The van der Waals surface area contributed by atoms with Gasteiger partial charge in [-0.05, 0) is 53.6 Å². The molecule has 2 rings (SSSR count). The maximum Gasteiger partial charge on any atom is 0.250 e. The number of nitrogens with zero attached hydrogens (tertiary/aromatic N) is 1. The summed E-state index contributed by atoms with van der Waals surface area (Å²) in [6.07, 6.45) is 0. The molecule has 2 amide bonds. The van der Waals surface area contributed by atoms with Gasteiger partial charge in [0.25, 0.3) is 5.91 Å². The van der Waals surface area contributed by atoms with Crippen LogP contribution in [-0.4, -0.2) is 23.9 Å². The van der Waals surface area contributed by atoms with E-state index >= 15 is 0 Å². The van der Waals surface area contributed by atoms with E-state index in [1.54, 1.807) is 11.8 Å². The predicted molar refractivity (Wildman–Crippen MR) is 82.9 cm³/mol. The molecule has 0 aromatic heterocycles. The summed E-state index contributed by atoms with van der Waals surface area (Å²) in [6, 6.07) is 6.73. The van der Waals surface area contributed by atoms with E-state index in [4.69, 9.17) is 0 Å². The van der Waals surface area contributed by atoms with E-state index < -0.39 is 12.1 Å². The van der Waals surface area contributed by atoms with Gasteiger partial charge in [0.2, 0.25) is 5.91 Å². The first kappa shape index (κ1) is 14.3. The molecular weight excluding hydrogens is 355 g/mol. The van der Waals surface area contributed by atoms with E-state index in [0.717, 1.165) is 9.26 Å². The van der Waals surface area contributed by atoms with Crippen molar-refractivity contribution in [2.24, 2.45) is 5.92 Å². The van der Waals surface area contributed by atoms with Gasteiger partial charge in [-0.2, -0.15) is 0 Å². The van der Waals surface area contributed by atoms with Crippen LogP contribution in [-0.2, 0) is 9.59 Å². The second-order valence-corrected chi connectivity index (χ2v) is 6.34. The molecule has 1 N–H and O–H groups in total. The Bertz CT molecular complexity index is 516. The Balaban J connectivity index is 2.40. The Labute approximate surface area is 126 Å². The summed E-state index contributed by atoms with van der Waals surface area (Å²) in [6.45, 7) is 5.63. The minimum atomic E-state index is -0.472. The number of carbonyl (C=O) groups excluding carboxylic acids is 2. The lowest BCUT2D eigenvalue weighted by atomic mass is 9.98. The SMILES string of the molecule is CC(C)C1NC(=O)C(C)N(c2cccc(I)c2)C1=O. The second kappa shape index (κ2) is 5.48. The predicted octanol–water partition coefficient (Wildman–Crippen LogP) is 2.17. The van der Waals surface area contributed by atoms with E-state index in [2.05, 4.69) is 27.9 Å². The molecule has 102 valence electrons. The molecule has 5 heteroatoms. The molecule has 1 aromatic carbocycles. The Morgan fingerprint density at radius 2 is 2.00 bits per heavy atom. The highest BCUT2D eigenvalue weighted by Gasteiger charge is 2.40. The number of rotatable bonds is 2. The molecule has 1 heterocycles. The summed E-state index contributed by atoms with van der Waals surface area (Å²) < 4.78 is 1.04. The van der Waals surface area contributed by atoms with Gasteiger partial charge in [-0.25, -0.2) is 0 Å². The summed E-state index contributed by atoms with van der Waals surface area (Å²) in [5.74, 6) is -0.0597. The Morgan fingerprint density at radius 1 is 1.32 bits per heavy atom. The van der Waals surface area contributed by atoms with Crippen molar-refractivity contribution in [1.82, 2.24) is 5.32 Å². The lowest BCUT2D eigenvalue weighted by molar-refractivity contribution is -0.134. The summed E-state index contributed by atoms with van der Waals surface area (Å²) in [7, 11) is 0. The van der Waals surface area contributed by atoms with Crippen molar-refractivity contribution in [2.75, 3.05) is 4.90 Å². The van der Waals surface area contributed by atoms with Gasteiger partial charge in [-0.15, -0.1) is 0 Å². The number of nitrogens with one attached hydrogen (secondary N) is 1. The maximum absolute atomic E-state index is 12.5. The molecule has 0 saturated carbocycles. The summed E-state index contributed by atoms with van der Waals surface area (Å²) in [5.41, 5.74) is 0.782. The van der Waals surface area contributed by atoms with E-state index in [9.17, 15) is 9.59 Å². The molecule has 1 aliphatic heterocycles. The van der Waals surface area contributed by atoms with Crippen molar-refractivity contribution in [3.05, 3.63) is 27.8 Å². The van der Waals surface area contributed by atoms with Crippen molar-refractivity contribution in [1.29, 1.82) is 0 Å². The average Bonchev–Trinajstić information content (AvgIpc) is 2.34. The molecule has 2 unspecified atom stereocenters. The number of piperazine rings is 1. The highest BCUT2D eigenvalue weighted by molar-refractivity contribution is 14.1. The van der Waals surface area contributed by atoms with E-state index in [-0.39, 0.29) is 17.7 Å². The third kappa shape index (κ3) is 2.75. The van der Waals surface area contributed by atoms with Gasteiger partial charge in [0, 0.05) is 9.26 Å². The van der Waals surface area contributed by atoms with Gasteiger partial charge in [-0.1, -0.05) is 19.9 Å². The van der Waals surface area contributed by atoms with Crippen LogP contribution in [0.25, 0.3) is 0 Å². The number of halogens is 1. The fourth-order valence-electron chi connectivity index (χ4n) is 2.22. The summed E-state index contributed by atoms with van der Waals surface area (Å²) in [4.78, 5) is 26.2. The fourth-order valence-corrected chi connectivity index (χ4v) is 2.75. The molecule has 1 saturated heterocycles. The molecule has 0 radical (unpaired) electrons. The minimum absolute atomic E-state index is 0.0379. The van der Waals surface area contributed by atoms with Gasteiger partial charge in [0.05, 0.1) is 0 Å². The van der Waals surface area contributed by atoms with Crippen molar-refractivity contribution >= 4 is 40.1 Å². The molecule has 0 spiro atoms. The number of carbonyl (C=O) groups is 2. The molecule has 4 nitrogen and oxygen atoms in total. The molecule has 0 aliphatic carbocycles. The highest BCUT2D eigenvalue weighted by Crippen LogP contribution is 2.24. The molecule has 1 aliphatic rings. The van der Waals surface area contributed by atoms with Gasteiger partial charge < -0.3 is 5.32 Å². The number of hydrogen-bond acceptors (Lipinski definition) is 2. The normalized spacial score (nSPS) is 23.7. The van der Waals surface area contributed by atoms with Crippen LogP contribution in [0.4, 0.5) is 5.69 Å². The topological polar surface area (TPSA) is 49.4 Å². The van der Waals surface area contributed by atoms with Crippen LogP contribution in [0.15, 0.2) is 24.3 Å². The number of anilines is 1. The summed E-state index contributed by atoms with van der Waals surface area (Å²) in [5, 5.41) is 2.80. The van der Waals surface area contributed by atoms with Crippen LogP contribution in [0.5, 0.6) is 0 Å². The largest absolute Gasteiger partial charge is 0.342 e. The number of benzene rings is 1. The average molecular weight is 372 g/mol. The van der Waals surface area contributed by atoms with Gasteiger partial charge in [0.15, 0.2) is 0 Å². The molecule has 1 aromatic rings. The molecule has 1 fully saturated rings. The van der Waals surface area contributed by atoms with Gasteiger partial charge in [0.1, 0.15) is 12.1 Å². The molecule has 19 heavy (non-hydrogen) atoms. The highest BCUT2D eigenvalue weighted by atomic mass is 127. The Kier molecular flexibility index (Phi) is 4.13. The molecule has 0 bridgehead atoms. The van der Waals surface area contributed by atoms with Crippen LogP contribution in [0, 0.1) is 9.49 Å². The zero-order chi connectivity index (χ0) is 14.2. The standard InChI is InChI=1S/C14H17IN2O2/c1-8(2)12-14(19)17(9(3)13(18)16-12)11-6-4-5-10(15)7-11/h4-9,12H,1-3H3,(H,16,18). The first-order chi connectivity index (χ1) is 8.91. The van der Waals surface area contributed by atoms with Crippen molar-refractivity contribution < 1.29 is 9.59 Å². The monoisotopic (exact) mass is 372 g/mol. The fraction of sp³-hybridized carbons (Fsp3) is 0.429. The lowest BCUT2D eigenvalue weighted by Gasteiger charge is -2.38. The zero-order valence-electron chi connectivity index (χ0n) is 11.2. The smallest absolute Gasteiger partial charge is 0.250 e. The Hall–Kier alpha value is -1.11. The van der Waals surface area contributed by atoms with Crippen molar-refractivity contribution in [3.63, 3.8) is 0 Å². The van der Waals surface area contributed by atoms with Crippen molar-refractivity contribution in [2.45, 2.75) is 32.9 Å². The first-order valence-electron chi connectivity index (χ1n) is 6.31. The van der Waals surface area contributed by atoms with Crippen molar-refractivity contribution in [3.8, 4) is 0 Å². The second-order valence-electron chi connectivity index (χ2n) is 5.09. The van der Waals surface area contributed by atoms with E-state index in [1.807, 2.05) is 38.1 Å². The molecular formula is C14H17IN2O2. The Morgan fingerprint density at radius 3 is 2.58 bits per heavy atom. The number of amides is 2. The lowest BCUT2D eigenvalue weighted by Crippen LogP contribution is -2.64. The van der Waals surface area contributed by atoms with Crippen LogP contribution in [0.3, 0.4) is 0 Å². The minimum Gasteiger partial charge on any atom is -0.342 e. The van der Waals surface area contributed by atoms with Crippen LogP contribution in [0.2, 0.25) is 0 Å². The number of hydrogen-bond donors (Lipinski definition) is 1. The third-order valence-corrected chi connectivity index (χ3v) is 3.99. The van der Waals surface area contributed by atoms with E-state index in [1.165, 1.54) is 0 Å². The maximum atomic E-state index is 12.5. The molecule has 2 atom stereocenters.